The Morgan fingerprint density at radius 3 is 2.35 bits per heavy atom. The van der Waals surface area contributed by atoms with Gasteiger partial charge >= 0.3 is 5.97 Å². The molecule has 0 saturated carbocycles. The first-order chi connectivity index (χ1) is 11.1. The normalized spacial score (nSPS) is 10.5. The van der Waals surface area contributed by atoms with Crippen LogP contribution in [0, 0.1) is 6.92 Å². The molecule has 5 nitrogen and oxygen atoms in total. The molecule has 0 aliphatic carbocycles. The number of hydrogen-bond acceptors (Lipinski definition) is 4. The number of aromatic nitrogens is 1. The van der Waals surface area contributed by atoms with Crippen LogP contribution in [0.2, 0.25) is 0 Å². The molecule has 0 radical (unpaired) electrons. The molecule has 0 atom stereocenters. The summed E-state index contributed by atoms with van der Waals surface area (Å²) in [4.78, 5) is 16.2. The molecule has 0 spiro atoms. The zero-order valence-electron chi connectivity index (χ0n) is 12.7. The van der Waals surface area contributed by atoms with E-state index in [2.05, 4.69) is 4.98 Å². The minimum Gasteiger partial charge on any atom is -0.497 e. The van der Waals surface area contributed by atoms with Gasteiger partial charge in [-0.2, -0.15) is 0 Å². The minimum atomic E-state index is -1.05. The predicted octanol–water partition coefficient (Wildman–Crippen LogP) is 4.04. The molecule has 0 amide bonds. The molecule has 0 saturated heterocycles. The summed E-state index contributed by atoms with van der Waals surface area (Å²) in [5.74, 6) is 0.425. The van der Waals surface area contributed by atoms with Crippen LogP contribution in [0.5, 0.6) is 17.2 Å². The van der Waals surface area contributed by atoms with Gasteiger partial charge in [0.05, 0.1) is 18.3 Å². The summed E-state index contributed by atoms with van der Waals surface area (Å²) < 4.78 is 10.9. The Kier molecular flexibility index (Phi) is 3.85. The Morgan fingerprint density at radius 1 is 1.04 bits per heavy atom. The maximum atomic E-state index is 11.8. The lowest BCUT2D eigenvalue weighted by molar-refractivity contribution is 0.0696. The van der Waals surface area contributed by atoms with E-state index >= 15 is 0 Å². The highest BCUT2D eigenvalue weighted by Crippen LogP contribution is 2.33. The number of aryl methyl sites for hydroxylation is 1. The van der Waals surface area contributed by atoms with E-state index in [0.29, 0.717) is 28.1 Å². The maximum absolute atomic E-state index is 11.8. The number of carboxylic acid groups (broad SMARTS) is 1. The number of hydrogen-bond donors (Lipinski definition) is 1. The fourth-order valence-electron chi connectivity index (χ4n) is 2.42. The molecule has 1 heterocycles. The topological polar surface area (TPSA) is 68.7 Å². The number of ether oxygens (including phenoxy) is 2. The monoisotopic (exact) mass is 309 g/mol. The SMILES string of the molecule is COc1ccc(Oc2c(C)nc3ccccc3c2C(=O)O)cc1. The van der Waals surface area contributed by atoms with E-state index in [1.54, 1.807) is 56.5 Å². The largest absolute Gasteiger partial charge is 0.497 e. The van der Waals surface area contributed by atoms with E-state index in [1.165, 1.54) is 0 Å². The molecule has 5 heteroatoms. The van der Waals surface area contributed by atoms with Gasteiger partial charge in [-0.3, -0.25) is 0 Å². The average Bonchev–Trinajstić information content (AvgIpc) is 2.55. The molecule has 0 fully saturated rings. The van der Waals surface area contributed by atoms with E-state index in [1.807, 2.05) is 6.07 Å². The van der Waals surface area contributed by atoms with Gasteiger partial charge in [0.2, 0.25) is 0 Å². The summed E-state index contributed by atoms with van der Waals surface area (Å²) >= 11 is 0. The van der Waals surface area contributed by atoms with Crippen LogP contribution in [0.1, 0.15) is 16.1 Å². The van der Waals surface area contributed by atoms with Crippen molar-refractivity contribution in [2.45, 2.75) is 6.92 Å². The third kappa shape index (κ3) is 2.81. The molecular formula is C18H15NO4. The Labute approximate surface area is 133 Å². The van der Waals surface area contributed by atoms with Crippen molar-refractivity contribution in [3.63, 3.8) is 0 Å². The summed E-state index contributed by atoms with van der Waals surface area (Å²) in [6, 6.07) is 14.1. The van der Waals surface area contributed by atoms with Gasteiger partial charge in [-0.25, -0.2) is 9.78 Å². The number of rotatable bonds is 4. The highest BCUT2D eigenvalue weighted by Gasteiger charge is 2.20. The molecule has 0 aliphatic rings. The molecule has 0 bridgehead atoms. The maximum Gasteiger partial charge on any atom is 0.340 e. The van der Waals surface area contributed by atoms with Crippen molar-refractivity contribution < 1.29 is 19.4 Å². The van der Waals surface area contributed by atoms with Crippen molar-refractivity contribution in [2.24, 2.45) is 0 Å². The first kappa shape index (κ1) is 14.8. The lowest BCUT2D eigenvalue weighted by Crippen LogP contribution is -2.05. The van der Waals surface area contributed by atoms with Crippen molar-refractivity contribution >= 4 is 16.9 Å². The highest BCUT2D eigenvalue weighted by molar-refractivity contribution is 6.05. The highest BCUT2D eigenvalue weighted by atomic mass is 16.5. The van der Waals surface area contributed by atoms with Crippen molar-refractivity contribution in [3.8, 4) is 17.2 Å². The number of fused-ring (bicyclic) bond motifs is 1. The second kappa shape index (κ2) is 5.96. The zero-order valence-corrected chi connectivity index (χ0v) is 12.7. The Hall–Kier alpha value is -3.08. The quantitative estimate of drug-likeness (QED) is 0.787. The number of carboxylic acids is 1. The van der Waals surface area contributed by atoms with E-state index in [9.17, 15) is 9.90 Å². The van der Waals surface area contributed by atoms with Crippen LogP contribution in [0.4, 0.5) is 0 Å². The number of para-hydroxylation sites is 1. The van der Waals surface area contributed by atoms with Gasteiger partial charge in [-0.1, -0.05) is 18.2 Å². The van der Waals surface area contributed by atoms with E-state index < -0.39 is 5.97 Å². The average molecular weight is 309 g/mol. The van der Waals surface area contributed by atoms with E-state index in [-0.39, 0.29) is 11.3 Å². The van der Waals surface area contributed by atoms with E-state index in [0.717, 1.165) is 0 Å². The van der Waals surface area contributed by atoms with Crippen LogP contribution in [0.3, 0.4) is 0 Å². The zero-order chi connectivity index (χ0) is 16.4. The number of methoxy groups -OCH3 is 1. The van der Waals surface area contributed by atoms with Crippen LogP contribution < -0.4 is 9.47 Å². The van der Waals surface area contributed by atoms with E-state index in [4.69, 9.17) is 9.47 Å². The van der Waals surface area contributed by atoms with Crippen LogP contribution >= 0.6 is 0 Å². The first-order valence-electron chi connectivity index (χ1n) is 7.04. The molecule has 2 aromatic carbocycles. The van der Waals surface area contributed by atoms with Gasteiger partial charge in [0.15, 0.2) is 5.75 Å². The summed E-state index contributed by atoms with van der Waals surface area (Å²) in [6.07, 6.45) is 0. The van der Waals surface area contributed by atoms with Crippen molar-refractivity contribution in [3.05, 3.63) is 59.8 Å². The lowest BCUT2D eigenvalue weighted by atomic mass is 10.1. The third-order valence-electron chi connectivity index (χ3n) is 3.51. The molecule has 0 unspecified atom stereocenters. The lowest BCUT2D eigenvalue weighted by Gasteiger charge is -2.14. The van der Waals surface area contributed by atoms with Crippen molar-refractivity contribution in [1.82, 2.24) is 4.98 Å². The summed E-state index contributed by atoms with van der Waals surface area (Å²) in [5.41, 5.74) is 1.27. The standard InChI is InChI=1S/C18H15NO4/c1-11-17(23-13-9-7-12(22-2)8-10-13)16(18(20)21)14-5-3-4-6-15(14)19-11/h3-10H,1-2H3,(H,20,21). The van der Waals surface area contributed by atoms with Crippen molar-refractivity contribution in [1.29, 1.82) is 0 Å². The van der Waals surface area contributed by atoms with Gasteiger partial charge in [-0.15, -0.1) is 0 Å². The van der Waals surface area contributed by atoms with Crippen LogP contribution in [-0.2, 0) is 0 Å². The second-order valence-corrected chi connectivity index (χ2v) is 5.00. The fraction of sp³-hybridized carbons (Fsp3) is 0.111. The first-order valence-corrected chi connectivity index (χ1v) is 7.04. The molecule has 116 valence electrons. The molecule has 3 rings (SSSR count). The molecular weight excluding hydrogens is 294 g/mol. The molecule has 3 aromatic rings. The predicted molar refractivity (Wildman–Crippen MR) is 86.5 cm³/mol. The molecule has 1 N–H and O–H groups in total. The third-order valence-corrected chi connectivity index (χ3v) is 3.51. The Morgan fingerprint density at radius 2 is 1.70 bits per heavy atom. The number of carbonyl (C=O) groups is 1. The smallest absolute Gasteiger partial charge is 0.340 e. The van der Waals surface area contributed by atoms with Gasteiger partial charge < -0.3 is 14.6 Å². The summed E-state index contributed by atoms with van der Waals surface area (Å²) in [5, 5.41) is 10.2. The minimum absolute atomic E-state index is 0.115. The van der Waals surface area contributed by atoms with Gasteiger partial charge in [-0.05, 0) is 37.3 Å². The second-order valence-electron chi connectivity index (χ2n) is 5.00. The van der Waals surface area contributed by atoms with Crippen LogP contribution in [0.25, 0.3) is 10.9 Å². The Bertz CT molecular complexity index is 872. The summed E-state index contributed by atoms with van der Waals surface area (Å²) in [6.45, 7) is 1.73. The number of aromatic carboxylic acids is 1. The van der Waals surface area contributed by atoms with Crippen LogP contribution in [-0.4, -0.2) is 23.2 Å². The number of pyridine rings is 1. The molecule has 0 aliphatic heterocycles. The number of nitrogens with zero attached hydrogens (tertiary/aromatic N) is 1. The Balaban J connectivity index is 2.13. The number of benzene rings is 2. The van der Waals surface area contributed by atoms with Gasteiger partial charge in [0.25, 0.3) is 0 Å². The summed E-state index contributed by atoms with van der Waals surface area (Å²) in [7, 11) is 1.58. The van der Waals surface area contributed by atoms with Crippen molar-refractivity contribution in [2.75, 3.05) is 7.11 Å². The molecule has 23 heavy (non-hydrogen) atoms. The fourth-order valence-corrected chi connectivity index (χ4v) is 2.42. The van der Waals surface area contributed by atoms with Gasteiger partial charge in [0, 0.05) is 5.39 Å². The molecule has 1 aromatic heterocycles. The van der Waals surface area contributed by atoms with Crippen LogP contribution in [0.15, 0.2) is 48.5 Å². The van der Waals surface area contributed by atoms with Gasteiger partial charge in [0.1, 0.15) is 17.1 Å².